The van der Waals surface area contributed by atoms with Gasteiger partial charge in [-0.1, -0.05) is 46.9 Å². The Morgan fingerprint density at radius 1 is 0.690 bits per heavy atom. The van der Waals surface area contributed by atoms with Crippen molar-refractivity contribution in [3.05, 3.63) is 95.2 Å². The number of halogens is 2. The fraction of sp³-hybridized carbons (Fsp3) is 0.0714. The van der Waals surface area contributed by atoms with Gasteiger partial charge in [-0.05, 0) is 35.4 Å². The number of nitrogens with zero attached hydrogens (tertiary/aromatic N) is 6. The van der Waals surface area contributed by atoms with E-state index in [0.717, 1.165) is 43.6 Å². The summed E-state index contributed by atoms with van der Waals surface area (Å²) in [5, 5.41) is 11.9. The number of hydrogen-bond acceptors (Lipinski definition) is 6. The largest absolute Gasteiger partial charge is 1.00 e. The van der Waals surface area contributed by atoms with E-state index >= 15 is 0 Å². The molecule has 214 valence electrons. The summed E-state index contributed by atoms with van der Waals surface area (Å²) in [6.45, 7) is 0. The molecule has 6 aromatic rings. The predicted molar refractivity (Wildman–Crippen MR) is 155 cm³/mol. The van der Waals surface area contributed by atoms with Crippen LogP contribution in [0.25, 0.3) is 32.4 Å². The number of carbonyl (C=O) groups excluding carboxylic acids is 2. The molecule has 2 aromatic carbocycles. The Morgan fingerprint density at radius 2 is 1.07 bits per heavy atom. The van der Waals surface area contributed by atoms with Crippen LogP contribution in [0, 0.1) is 0 Å². The third-order valence-corrected chi connectivity index (χ3v) is 8.34. The molecular weight excluding hydrogens is 704 g/mol. The van der Waals surface area contributed by atoms with Crippen molar-refractivity contribution < 1.29 is 52.4 Å². The second-order valence-corrected chi connectivity index (χ2v) is 10.7. The topological polar surface area (TPSA) is 101 Å². The van der Waals surface area contributed by atoms with Gasteiger partial charge in [0, 0.05) is 21.9 Å². The smallest absolute Gasteiger partial charge is 0.345 e. The monoisotopic (exact) mass is 726 g/mol. The lowest BCUT2D eigenvalue weighted by Crippen LogP contribution is -3.00. The summed E-state index contributed by atoms with van der Waals surface area (Å²) < 4.78 is 8.44. The Morgan fingerprint density at radius 3 is 1.43 bits per heavy atom. The van der Waals surface area contributed by atoms with Crippen molar-refractivity contribution >= 4 is 56.8 Å². The molecule has 4 aromatic heterocycles. The number of aromatic nitrogens is 4. The molecule has 42 heavy (non-hydrogen) atoms. The molecule has 0 bridgehead atoms. The number of hydrogen-bond donors (Lipinski definition) is 2. The van der Waals surface area contributed by atoms with Crippen molar-refractivity contribution in [3.8, 4) is 22.5 Å². The summed E-state index contributed by atoms with van der Waals surface area (Å²) in [5.41, 5.74) is 10.3. The fourth-order valence-corrected chi connectivity index (χ4v) is 5.97. The number of nitrogens with one attached hydrogen (secondary N) is 2. The molecule has 0 atom stereocenters. The van der Waals surface area contributed by atoms with Crippen LogP contribution in [-0.4, -0.2) is 33.4 Å². The normalized spacial score (nSPS) is 11.2. The number of aryl methyl sites for hydroxylation is 2. The number of imidazole rings is 2. The van der Waals surface area contributed by atoms with Crippen molar-refractivity contribution in [2.45, 2.75) is 0 Å². The highest BCUT2D eigenvalue weighted by atomic mass is 79.9. The molecule has 0 fully saturated rings. The van der Waals surface area contributed by atoms with Gasteiger partial charge < -0.3 is 34.0 Å². The Bertz CT molecular complexity index is 1780. The summed E-state index contributed by atoms with van der Waals surface area (Å²) in [7, 11) is 4.06. The summed E-state index contributed by atoms with van der Waals surface area (Å²) in [5.74, 6) is -1.83. The van der Waals surface area contributed by atoms with Crippen molar-refractivity contribution in [3.63, 3.8) is 0 Å². The second kappa shape index (κ2) is 13.3. The lowest BCUT2D eigenvalue weighted by atomic mass is 10.1. The highest BCUT2D eigenvalue weighted by Crippen LogP contribution is 2.22. The number of amides is 2. The number of benzene rings is 2. The second-order valence-electron chi connectivity index (χ2n) is 8.97. The summed E-state index contributed by atoms with van der Waals surface area (Å²) in [6.07, 6.45) is 11.2. The minimum atomic E-state index is -0.914. The lowest BCUT2D eigenvalue weighted by Gasteiger charge is -2.00. The van der Waals surface area contributed by atoms with E-state index in [1.165, 1.54) is 12.4 Å². The zero-order chi connectivity index (χ0) is 27.6. The standard InChI is InChI=1S/C28H22N8O2S2.2BrH/c1-33-23(17-35-11-13-39-27(33)35)21-7-3-19(4-8-21)15-29-31-25(37)26(38)32-30-16-20-5-9-22(10-6-20)24-18-36-12-14-40-28(36)34(24)2;;/h3-18H,1-2H3;2*1H/b29-15+,30-16+;;. The van der Waals surface area contributed by atoms with Gasteiger partial charge >= 0.3 is 21.7 Å². The summed E-state index contributed by atoms with van der Waals surface area (Å²) >= 11 is 3.35. The molecule has 6 rings (SSSR count). The van der Waals surface area contributed by atoms with Gasteiger partial charge in [0.15, 0.2) is 11.4 Å². The molecule has 0 aliphatic heterocycles. The first kappa shape index (κ1) is 31.0. The molecule has 0 saturated heterocycles. The Balaban J connectivity index is 0.00000202. The molecular formula is C28H24Br2N8O2S2. The number of rotatable bonds is 6. The number of fused-ring (bicyclic) bond motifs is 2. The summed E-state index contributed by atoms with van der Waals surface area (Å²) in [6, 6.07) is 15.5. The Hall–Kier alpha value is -3.98. The third-order valence-electron chi connectivity index (χ3n) is 6.43. The van der Waals surface area contributed by atoms with Crippen LogP contribution in [-0.2, 0) is 23.7 Å². The highest BCUT2D eigenvalue weighted by Gasteiger charge is 2.18. The SMILES string of the molecule is Cn1c(-c2ccc(/C=N/NC(=O)C(=O)N/N=C/c3ccc(-c4c[n+]5ccsc5n4C)cc3)cc2)c[n+]2ccsc12.[Br-].[Br-]. The minimum Gasteiger partial charge on any atom is -1.00 e. The molecule has 2 N–H and O–H groups in total. The van der Waals surface area contributed by atoms with Crippen molar-refractivity contribution in [2.24, 2.45) is 24.3 Å². The van der Waals surface area contributed by atoms with Gasteiger partial charge in [0.25, 0.3) is 0 Å². The molecule has 0 aliphatic rings. The van der Waals surface area contributed by atoms with Gasteiger partial charge in [-0.3, -0.25) is 9.59 Å². The molecule has 14 heteroatoms. The molecule has 10 nitrogen and oxygen atoms in total. The lowest BCUT2D eigenvalue weighted by molar-refractivity contribution is -0.505. The van der Waals surface area contributed by atoms with Gasteiger partial charge in [-0.15, -0.1) is 0 Å². The number of hydrazone groups is 2. The maximum Gasteiger partial charge on any atom is 0.345 e. The van der Waals surface area contributed by atoms with E-state index < -0.39 is 11.8 Å². The van der Waals surface area contributed by atoms with E-state index in [0.29, 0.717) is 0 Å². The van der Waals surface area contributed by atoms with Crippen molar-refractivity contribution in [1.29, 1.82) is 0 Å². The van der Waals surface area contributed by atoms with Crippen LogP contribution in [0.1, 0.15) is 11.1 Å². The van der Waals surface area contributed by atoms with Crippen LogP contribution in [0.15, 0.2) is 94.3 Å². The quantitative estimate of drug-likeness (QED) is 0.0824. The zero-order valence-electron chi connectivity index (χ0n) is 22.3. The van der Waals surface area contributed by atoms with E-state index in [2.05, 4.69) is 51.4 Å². The van der Waals surface area contributed by atoms with Crippen molar-refractivity contribution in [2.75, 3.05) is 0 Å². The first-order chi connectivity index (χ1) is 19.5. The Labute approximate surface area is 269 Å². The number of carbonyl (C=O) groups is 2. The maximum atomic E-state index is 12.1. The first-order valence-electron chi connectivity index (χ1n) is 12.2. The van der Waals surface area contributed by atoms with Crippen LogP contribution in [0.2, 0.25) is 0 Å². The van der Waals surface area contributed by atoms with Gasteiger partial charge in [0.05, 0.1) is 26.5 Å². The molecule has 4 heterocycles. The molecule has 0 radical (unpaired) electrons. The zero-order valence-corrected chi connectivity index (χ0v) is 27.1. The third kappa shape index (κ3) is 6.26. The van der Waals surface area contributed by atoms with Gasteiger partial charge in [0.1, 0.15) is 24.8 Å². The van der Waals surface area contributed by atoms with Crippen LogP contribution in [0.3, 0.4) is 0 Å². The van der Waals surface area contributed by atoms with Gasteiger partial charge in [-0.2, -0.15) is 19.0 Å². The predicted octanol–water partition coefficient (Wildman–Crippen LogP) is -3.09. The van der Waals surface area contributed by atoms with E-state index in [1.54, 1.807) is 22.7 Å². The van der Waals surface area contributed by atoms with E-state index in [4.69, 9.17) is 0 Å². The molecule has 0 saturated carbocycles. The molecule has 0 unspecified atom stereocenters. The molecule has 0 aliphatic carbocycles. The van der Waals surface area contributed by atoms with E-state index in [9.17, 15) is 9.59 Å². The van der Waals surface area contributed by atoms with Crippen LogP contribution < -0.4 is 53.6 Å². The van der Waals surface area contributed by atoms with Crippen LogP contribution >= 0.6 is 22.7 Å². The van der Waals surface area contributed by atoms with Gasteiger partial charge in [0.2, 0.25) is 0 Å². The van der Waals surface area contributed by atoms with Gasteiger partial charge in [-0.25, -0.2) is 20.0 Å². The molecule has 0 spiro atoms. The Kier molecular flexibility index (Phi) is 9.83. The van der Waals surface area contributed by atoms with E-state index in [-0.39, 0.29) is 34.0 Å². The van der Waals surface area contributed by atoms with E-state index in [1.807, 2.05) is 85.8 Å². The number of thiazole rings is 2. The minimum absolute atomic E-state index is 0. The first-order valence-corrected chi connectivity index (χ1v) is 14.0. The summed E-state index contributed by atoms with van der Waals surface area (Å²) in [4.78, 5) is 26.4. The van der Waals surface area contributed by atoms with Crippen molar-refractivity contribution in [1.82, 2.24) is 20.0 Å². The average Bonchev–Trinajstić information content (AvgIpc) is 3.74. The fourth-order valence-electron chi connectivity index (χ4n) is 4.36. The average molecular weight is 728 g/mol. The maximum absolute atomic E-state index is 12.1. The van der Waals surface area contributed by atoms with Crippen LogP contribution in [0.4, 0.5) is 0 Å². The molecule has 2 amide bonds. The van der Waals surface area contributed by atoms with Crippen LogP contribution in [0.5, 0.6) is 0 Å². The highest BCUT2D eigenvalue weighted by molar-refractivity contribution is 7.14.